The van der Waals surface area contributed by atoms with Crippen LogP contribution >= 0.6 is 27.5 Å². The first-order chi connectivity index (χ1) is 9.60. The van der Waals surface area contributed by atoms with Crippen molar-refractivity contribution in [2.45, 2.75) is 19.4 Å². The van der Waals surface area contributed by atoms with Gasteiger partial charge in [-0.2, -0.15) is 0 Å². The molecular formula is C15H15BrClFN2. The van der Waals surface area contributed by atoms with Gasteiger partial charge in [-0.15, -0.1) is 0 Å². The molecule has 0 bridgehead atoms. The lowest BCUT2D eigenvalue weighted by atomic mass is 9.99. The van der Waals surface area contributed by atoms with E-state index >= 15 is 0 Å². The fraction of sp³-hybridized carbons (Fsp3) is 0.267. The molecular weight excluding hydrogens is 343 g/mol. The Morgan fingerprint density at radius 3 is 2.85 bits per heavy atom. The van der Waals surface area contributed by atoms with E-state index in [4.69, 9.17) is 11.6 Å². The number of likely N-dealkylation sites (N-methyl/N-ethyl adjacent to an activating group) is 1. The van der Waals surface area contributed by atoms with Crippen LogP contribution in [-0.2, 0) is 6.42 Å². The first-order valence-corrected chi connectivity index (χ1v) is 7.55. The van der Waals surface area contributed by atoms with Crippen LogP contribution in [0.4, 0.5) is 4.39 Å². The molecule has 0 radical (unpaired) electrons. The Balaban J connectivity index is 2.28. The lowest BCUT2D eigenvalue weighted by molar-refractivity contribution is 0.546. The third kappa shape index (κ3) is 4.01. The summed E-state index contributed by atoms with van der Waals surface area (Å²) >= 11 is 9.51. The van der Waals surface area contributed by atoms with E-state index in [2.05, 4.69) is 26.2 Å². The average Bonchev–Trinajstić information content (AvgIpc) is 2.37. The van der Waals surface area contributed by atoms with Crippen LogP contribution in [0.1, 0.15) is 24.1 Å². The summed E-state index contributed by atoms with van der Waals surface area (Å²) in [5.74, 6) is -0.245. The molecule has 0 saturated carbocycles. The molecule has 1 unspecified atom stereocenters. The van der Waals surface area contributed by atoms with Crippen LogP contribution in [0.3, 0.4) is 0 Å². The minimum absolute atomic E-state index is 0.0317. The highest BCUT2D eigenvalue weighted by Crippen LogP contribution is 2.26. The van der Waals surface area contributed by atoms with Gasteiger partial charge in [-0.1, -0.05) is 34.5 Å². The van der Waals surface area contributed by atoms with Crippen molar-refractivity contribution < 1.29 is 4.39 Å². The van der Waals surface area contributed by atoms with Gasteiger partial charge in [0.15, 0.2) is 0 Å². The SMILES string of the molecule is CCNC(Cc1cc(F)cc(Br)c1)c1ccncc1Cl. The molecule has 20 heavy (non-hydrogen) atoms. The molecule has 2 aromatic rings. The Labute approximate surface area is 131 Å². The van der Waals surface area contributed by atoms with Crippen LogP contribution in [0.15, 0.2) is 41.1 Å². The Kier molecular flexibility index (Phi) is 5.52. The molecule has 0 amide bonds. The first kappa shape index (κ1) is 15.4. The molecule has 1 heterocycles. The summed E-state index contributed by atoms with van der Waals surface area (Å²) in [7, 11) is 0. The van der Waals surface area contributed by atoms with Crippen LogP contribution in [0.5, 0.6) is 0 Å². The van der Waals surface area contributed by atoms with Crippen molar-refractivity contribution in [3.63, 3.8) is 0 Å². The van der Waals surface area contributed by atoms with Gasteiger partial charge in [-0.25, -0.2) is 4.39 Å². The average molecular weight is 358 g/mol. The van der Waals surface area contributed by atoms with Crippen molar-refractivity contribution in [3.8, 4) is 0 Å². The molecule has 0 aliphatic heterocycles. The minimum atomic E-state index is -0.245. The maximum absolute atomic E-state index is 13.5. The Morgan fingerprint density at radius 1 is 1.40 bits per heavy atom. The van der Waals surface area contributed by atoms with E-state index in [9.17, 15) is 4.39 Å². The van der Waals surface area contributed by atoms with Crippen LogP contribution in [0, 0.1) is 5.82 Å². The number of nitrogens with one attached hydrogen (secondary N) is 1. The predicted molar refractivity (Wildman–Crippen MR) is 83.5 cm³/mol. The summed E-state index contributed by atoms with van der Waals surface area (Å²) in [5, 5.41) is 4.00. The van der Waals surface area contributed by atoms with Crippen molar-refractivity contribution in [3.05, 3.63) is 63.1 Å². The fourth-order valence-corrected chi connectivity index (χ4v) is 2.94. The summed E-state index contributed by atoms with van der Waals surface area (Å²) in [4.78, 5) is 4.00. The van der Waals surface area contributed by atoms with Gasteiger partial charge in [0.2, 0.25) is 0 Å². The third-order valence-corrected chi connectivity index (χ3v) is 3.77. The van der Waals surface area contributed by atoms with E-state index in [0.717, 1.165) is 22.1 Å². The topological polar surface area (TPSA) is 24.9 Å². The Bertz CT molecular complexity index is 572. The molecule has 2 rings (SSSR count). The van der Waals surface area contributed by atoms with E-state index in [-0.39, 0.29) is 11.9 Å². The normalized spacial score (nSPS) is 12.4. The summed E-state index contributed by atoms with van der Waals surface area (Å²) in [6, 6.07) is 6.84. The maximum atomic E-state index is 13.5. The Morgan fingerprint density at radius 2 is 2.20 bits per heavy atom. The molecule has 106 valence electrons. The molecule has 0 aliphatic carbocycles. The lowest BCUT2D eigenvalue weighted by Crippen LogP contribution is -2.23. The molecule has 5 heteroatoms. The highest BCUT2D eigenvalue weighted by atomic mass is 79.9. The van der Waals surface area contributed by atoms with Crippen molar-refractivity contribution in [1.29, 1.82) is 0 Å². The number of nitrogens with zero attached hydrogens (tertiary/aromatic N) is 1. The maximum Gasteiger partial charge on any atom is 0.124 e. The molecule has 1 aromatic heterocycles. The number of rotatable bonds is 5. The van der Waals surface area contributed by atoms with Gasteiger partial charge in [0.25, 0.3) is 0 Å². The molecule has 0 saturated heterocycles. The molecule has 0 fully saturated rings. The second-order valence-corrected chi connectivity index (χ2v) is 5.81. The van der Waals surface area contributed by atoms with Crippen LogP contribution in [-0.4, -0.2) is 11.5 Å². The van der Waals surface area contributed by atoms with E-state index in [0.29, 0.717) is 11.4 Å². The Hall–Kier alpha value is -0.970. The molecule has 0 aliphatic rings. The smallest absolute Gasteiger partial charge is 0.124 e. The van der Waals surface area contributed by atoms with E-state index in [1.54, 1.807) is 18.5 Å². The zero-order valence-corrected chi connectivity index (χ0v) is 13.4. The van der Waals surface area contributed by atoms with Crippen molar-refractivity contribution in [2.75, 3.05) is 6.54 Å². The second-order valence-electron chi connectivity index (χ2n) is 4.49. The summed E-state index contributed by atoms with van der Waals surface area (Å²) in [6.45, 7) is 2.84. The predicted octanol–water partition coefficient (Wildman–Crippen LogP) is 4.53. The number of pyridine rings is 1. The van der Waals surface area contributed by atoms with Crippen molar-refractivity contribution >= 4 is 27.5 Å². The number of aromatic nitrogens is 1. The summed E-state index contributed by atoms with van der Waals surface area (Å²) in [5.41, 5.74) is 1.89. The lowest BCUT2D eigenvalue weighted by Gasteiger charge is -2.19. The molecule has 2 nitrogen and oxygen atoms in total. The number of benzene rings is 1. The summed E-state index contributed by atoms with van der Waals surface area (Å²) < 4.78 is 14.2. The second kappa shape index (κ2) is 7.16. The number of hydrogen-bond donors (Lipinski definition) is 1. The zero-order chi connectivity index (χ0) is 14.5. The summed E-state index contributed by atoms with van der Waals surface area (Å²) in [6.07, 6.45) is 4.00. The minimum Gasteiger partial charge on any atom is -0.310 e. The van der Waals surface area contributed by atoms with Crippen LogP contribution < -0.4 is 5.32 Å². The van der Waals surface area contributed by atoms with E-state index in [1.165, 1.54) is 6.07 Å². The van der Waals surface area contributed by atoms with Gasteiger partial charge in [-0.05, 0) is 48.4 Å². The molecule has 0 spiro atoms. The number of hydrogen-bond acceptors (Lipinski definition) is 2. The van der Waals surface area contributed by atoms with Gasteiger partial charge in [0.05, 0.1) is 5.02 Å². The van der Waals surface area contributed by atoms with Gasteiger partial charge in [0, 0.05) is 22.9 Å². The zero-order valence-electron chi connectivity index (χ0n) is 11.0. The molecule has 1 N–H and O–H groups in total. The van der Waals surface area contributed by atoms with E-state index < -0.39 is 0 Å². The van der Waals surface area contributed by atoms with Gasteiger partial charge >= 0.3 is 0 Å². The third-order valence-electron chi connectivity index (χ3n) is 2.99. The first-order valence-electron chi connectivity index (χ1n) is 6.38. The van der Waals surface area contributed by atoms with Gasteiger partial charge in [0.1, 0.15) is 5.82 Å². The standard InChI is InChI=1S/C15H15BrClFN2/c1-2-20-15(13-3-4-19-9-14(13)17)7-10-5-11(16)8-12(18)6-10/h3-6,8-9,15,20H,2,7H2,1H3. The van der Waals surface area contributed by atoms with Crippen LogP contribution in [0.25, 0.3) is 0 Å². The van der Waals surface area contributed by atoms with Crippen LogP contribution in [0.2, 0.25) is 5.02 Å². The van der Waals surface area contributed by atoms with Crippen molar-refractivity contribution in [2.24, 2.45) is 0 Å². The van der Waals surface area contributed by atoms with Crippen molar-refractivity contribution in [1.82, 2.24) is 10.3 Å². The van der Waals surface area contributed by atoms with Gasteiger partial charge < -0.3 is 5.32 Å². The largest absolute Gasteiger partial charge is 0.310 e. The highest BCUT2D eigenvalue weighted by molar-refractivity contribution is 9.10. The quantitative estimate of drug-likeness (QED) is 0.850. The van der Waals surface area contributed by atoms with E-state index in [1.807, 2.05) is 19.1 Å². The fourth-order valence-electron chi connectivity index (χ4n) is 2.17. The number of halogens is 3. The molecule has 1 atom stereocenters. The monoisotopic (exact) mass is 356 g/mol. The van der Waals surface area contributed by atoms with Gasteiger partial charge in [-0.3, -0.25) is 4.98 Å². The molecule has 1 aromatic carbocycles. The highest BCUT2D eigenvalue weighted by Gasteiger charge is 2.15.